The summed E-state index contributed by atoms with van der Waals surface area (Å²) in [7, 11) is 0. The molecule has 2 fully saturated rings. The van der Waals surface area contributed by atoms with Crippen molar-refractivity contribution in [2.45, 2.75) is 58.5 Å². The molecule has 1 aromatic rings. The minimum Gasteiger partial charge on any atom is -0.323 e. The van der Waals surface area contributed by atoms with E-state index >= 15 is 0 Å². The predicted octanol–water partition coefficient (Wildman–Crippen LogP) is 2.35. The molecule has 1 aromatic heterocycles. The summed E-state index contributed by atoms with van der Waals surface area (Å²) >= 11 is 1.56. The SMILES string of the molecule is CCC[C@]1(C2CCNCC2)NC(=O)N(Cc2sc(C)nc2C)C1=O. The molecule has 0 unspecified atom stereocenters. The van der Waals surface area contributed by atoms with Crippen LogP contribution in [0.25, 0.3) is 0 Å². The normalized spacial score (nSPS) is 25.4. The summed E-state index contributed by atoms with van der Waals surface area (Å²) in [4.78, 5) is 32.7. The van der Waals surface area contributed by atoms with Gasteiger partial charge in [-0.15, -0.1) is 11.3 Å². The topological polar surface area (TPSA) is 74.3 Å². The van der Waals surface area contributed by atoms with Crippen molar-refractivity contribution in [2.24, 2.45) is 5.92 Å². The zero-order chi connectivity index (χ0) is 17.3. The molecule has 132 valence electrons. The molecule has 0 aromatic carbocycles. The number of amides is 3. The highest BCUT2D eigenvalue weighted by molar-refractivity contribution is 7.11. The molecule has 2 aliphatic heterocycles. The van der Waals surface area contributed by atoms with Crippen LogP contribution >= 0.6 is 11.3 Å². The molecule has 3 rings (SSSR count). The number of carbonyl (C=O) groups excluding carboxylic acids is 2. The maximum Gasteiger partial charge on any atom is 0.325 e. The number of aryl methyl sites for hydroxylation is 2. The standard InChI is InChI=1S/C17H26N4O2S/c1-4-7-17(13-5-8-18-9-6-13)15(22)21(16(23)20-17)10-14-11(2)19-12(3)24-14/h13,18H,4-10H2,1-3H3,(H,20,23)/t17-/m1/s1. The Morgan fingerprint density at radius 3 is 2.58 bits per heavy atom. The zero-order valence-corrected chi connectivity index (χ0v) is 15.5. The van der Waals surface area contributed by atoms with Gasteiger partial charge in [-0.2, -0.15) is 0 Å². The highest BCUT2D eigenvalue weighted by Crippen LogP contribution is 2.36. The molecule has 0 saturated carbocycles. The first kappa shape index (κ1) is 17.4. The first-order valence-electron chi connectivity index (χ1n) is 8.75. The fourth-order valence-electron chi connectivity index (χ4n) is 4.01. The number of imide groups is 1. The van der Waals surface area contributed by atoms with E-state index in [4.69, 9.17) is 0 Å². The second-order valence-corrected chi connectivity index (χ2v) is 8.10. The monoisotopic (exact) mass is 350 g/mol. The molecule has 3 heterocycles. The Balaban J connectivity index is 1.86. The minimum atomic E-state index is -0.721. The Bertz CT molecular complexity index is 639. The lowest BCUT2D eigenvalue weighted by Gasteiger charge is -2.37. The number of urea groups is 1. The number of aromatic nitrogens is 1. The molecule has 7 heteroatoms. The maximum atomic E-state index is 13.3. The van der Waals surface area contributed by atoms with Gasteiger partial charge in [0.05, 0.1) is 17.2 Å². The van der Waals surface area contributed by atoms with Crippen molar-refractivity contribution in [1.82, 2.24) is 20.5 Å². The van der Waals surface area contributed by atoms with E-state index in [1.165, 1.54) is 4.90 Å². The lowest BCUT2D eigenvalue weighted by molar-refractivity contribution is -0.134. The van der Waals surface area contributed by atoms with E-state index in [1.807, 2.05) is 13.8 Å². The second-order valence-electron chi connectivity index (χ2n) is 6.81. The summed E-state index contributed by atoms with van der Waals surface area (Å²) in [6.45, 7) is 8.10. The summed E-state index contributed by atoms with van der Waals surface area (Å²) in [5.41, 5.74) is 0.189. The van der Waals surface area contributed by atoms with Gasteiger partial charge in [0.15, 0.2) is 0 Å². The van der Waals surface area contributed by atoms with Gasteiger partial charge in [0.25, 0.3) is 5.91 Å². The summed E-state index contributed by atoms with van der Waals surface area (Å²) in [6, 6.07) is -0.252. The third kappa shape index (κ3) is 2.95. The van der Waals surface area contributed by atoms with Crippen LogP contribution in [0, 0.1) is 19.8 Å². The summed E-state index contributed by atoms with van der Waals surface area (Å²) in [5, 5.41) is 7.38. The van der Waals surface area contributed by atoms with Crippen molar-refractivity contribution in [1.29, 1.82) is 0 Å². The zero-order valence-electron chi connectivity index (χ0n) is 14.6. The first-order valence-corrected chi connectivity index (χ1v) is 9.57. The molecule has 2 N–H and O–H groups in total. The Hall–Kier alpha value is -1.47. The molecule has 6 nitrogen and oxygen atoms in total. The molecule has 24 heavy (non-hydrogen) atoms. The molecular weight excluding hydrogens is 324 g/mol. The average Bonchev–Trinajstić information content (AvgIpc) is 3.00. The number of nitrogens with one attached hydrogen (secondary N) is 2. The third-order valence-corrected chi connectivity index (χ3v) is 6.24. The predicted molar refractivity (Wildman–Crippen MR) is 93.9 cm³/mol. The van der Waals surface area contributed by atoms with Gasteiger partial charge in [0.1, 0.15) is 5.54 Å². The number of piperidine rings is 1. The molecule has 0 spiro atoms. The van der Waals surface area contributed by atoms with Gasteiger partial charge in [-0.05, 0) is 52.1 Å². The lowest BCUT2D eigenvalue weighted by Crippen LogP contribution is -2.55. The van der Waals surface area contributed by atoms with Crippen molar-refractivity contribution in [3.8, 4) is 0 Å². The molecule has 0 aliphatic carbocycles. The maximum absolute atomic E-state index is 13.3. The summed E-state index contributed by atoms with van der Waals surface area (Å²) < 4.78 is 0. The Morgan fingerprint density at radius 1 is 1.29 bits per heavy atom. The van der Waals surface area contributed by atoms with E-state index in [1.54, 1.807) is 11.3 Å². The average molecular weight is 350 g/mol. The minimum absolute atomic E-state index is 0.0493. The quantitative estimate of drug-likeness (QED) is 0.800. The van der Waals surface area contributed by atoms with Crippen LogP contribution in [0.4, 0.5) is 4.79 Å². The van der Waals surface area contributed by atoms with Crippen molar-refractivity contribution >= 4 is 23.3 Å². The lowest BCUT2D eigenvalue weighted by atomic mass is 9.75. The van der Waals surface area contributed by atoms with Gasteiger partial charge in [0.2, 0.25) is 0 Å². The van der Waals surface area contributed by atoms with Gasteiger partial charge in [-0.1, -0.05) is 13.3 Å². The number of hydrogen-bond acceptors (Lipinski definition) is 5. The van der Waals surface area contributed by atoms with Crippen LogP contribution in [0.2, 0.25) is 0 Å². The van der Waals surface area contributed by atoms with Gasteiger partial charge >= 0.3 is 6.03 Å². The molecular formula is C17H26N4O2S. The Morgan fingerprint density at radius 2 is 2.00 bits per heavy atom. The molecule has 0 radical (unpaired) electrons. The van der Waals surface area contributed by atoms with Crippen LogP contribution in [-0.4, -0.2) is 40.5 Å². The summed E-state index contributed by atoms with van der Waals surface area (Å²) in [6.07, 6.45) is 3.44. The molecule has 0 bridgehead atoms. The molecule has 2 aliphatic rings. The Kier molecular flexibility index (Phi) is 4.92. The fourth-order valence-corrected chi connectivity index (χ4v) is 4.94. The number of thiazole rings is 1. The van der Waals surface area contributed by atoms with Crippen LogP contribution in [0.15, 0.2) is 0 Å². The third-order valence-electron chi connectivity index (χ3n) is 5.18. The van der Waals surface area contributed by atoms with Crippen LogP contribution in [-0.2, 0) is 11.3 Å². The van der Waals surface area contributed by atoms with E-state index in [2.05, 4.69) is 22.5 Å². The first-order chi connectivity index (χ1) is 11.5. The van der Waals surface area contributed by atoms with Crippen LogP contribution in [0.3, 0.4) is 0 Å². The molecule has 1 atom stereocenters. The van der Waals surface area contributed by atoms with Gasteiger partial charge in [-0.3, -0.25) is 9.69 Å². The van der Waals surface area contributed by atoms with Crippen molar-refractivity contribution in [3.63, 3.8) is 0 Å². The van der Waals surface area contributed by atoms with Gasteiger partial charge < -0.3 is 10.6 Å². The number of nitrogens with zero attached hydrogens (tertiary/aromatic N) is 2. The van der Waals surface area contributed by atoms with E-state index in [9.17, 15) is 9.59 Å². The summed E-state index contributed by atoms with van der Waals surface area (Å²) in [5.74, 6) is 0.163. The van der Waals surface area contributed by atoms with Crippen LogP contribution in [0.5, 0.6) is 0 Å². The molecule has 2 saturated heterocycles. The van der Waals surface area contributed by atoms with Crippen LogP contribution < -0.4 is 10.6 Å². The van der Waals surface area contributed by atoms with Crippen molar-refractivity contribution in [3.05, 3.63) is 15.6 Å². The molecule has 3 amide bonds. The largest absolute Gasteiger partial charge is 0.325 e. The smallest absolute Gasteiger partial charge is 0.323 e. The number of rotatable bonds is 5. The van der Waals surface area contributed by atoms with Gasteiger partial charge in [0, 0.05) is 4.88 Å². The van der Waals surface area contributed by atoms with Crippen molar-refractivity contribution < 1.29 is 9.59 Å². The van der Waals surface area contributed by atoms with Crippen molar-refractivity contribution in [2.75, 3.05) is 13.1 Å². The van der Waals surface area contributed by atoms with E-state index in [0.717, 1.165) is 47.9 Å². The van der Waals surface area contributed by atoms with Crippen LogP contribution in [0.1, 0.15) is 48.2 Å². The Labute approximate surface area is 147 Å². The van der Waals surface area contributed by atoms with E-state index in [-0.39, 0.29) is 17.9 Å². The highest BCUT2D eigenvalue weighted by atomic mass is 32.1. The van der Waals surface area contributed by atoms with E-state index in [0.29, 0.717) is 13.0 Å². The van der Waals surface area contributed by atoms with Gasteiger partial charge in [-0.25, -0.2) is 9.78 Å². The number of hydrogen-bond donors (Lipinski definition) is 2. The fraction of sp³-hybridized carbons (Fsp3) is 0.706. The number of carbonyl (C=O) groups is 2. The highest BCUT2D eigenvalue weighted by Gasteiger charge is 2.54. The van der Waals surface area contributed by atoms with E-state index < -0.39 is 5.54 Å². The second kappa shape index (κ2) is 6.80.